The van der Waals surface area contributed by atoms with Crippen molar-refractivity contribution >= 4 is 10.9 Å². The molecule has 2 heterocycles. The van der Waals surface area contributed by atoms with E-state index in [1.807, 2.05) is 24.3 Å². The Labute approximate surface area is 105 Å². The number of ether oxygens (including phenoxy) is 1. The van der Waals surface area contributed by atoms with E-state index in [0.29, 0.717) is 11.9 Å². The molecule has 94 valence electrons. The Kier molecular flexibility index (Phi) is 3.11. The number of hydrogen-bond donors (Lipinski definition) is 0. The fourth-order valence-electron chi connectivity index (χ4n) is 2.41. The van der Waals surface area contributed by atoms with Crippen LogP contribution in [0.3, 0.4) is 0 Å². The fourth-order valence-corrected chi connectivity index (χ4v) is 2.41. The summed E-state index contributed by atoms with van der Waals surface area (Å²) in [5.74, 6) is 0. The van der Waals surface area contributed by atoms with Crippen molar-refractivity contribution in [3.63, 3.8) is 0 Å². The highest BCUT2D eigenvalue weighted by molar-refractivity contribution is 5.76. The molecule has 0 saturated carbocycles. The molecule has 0 spiro atoms. The summed E-state index contributed by atoms with van der Waals surface area (Å²) in [6.45, 7) is 1.41. The highest BCUT2D eigenvalue weighted by atomic mass is 16.5. The lowest BCUT2D eigenvalue weighted by Crippen LogP contribution is -2.30. The van der Waals surface area contributed by atoms with Gasteiger partial charge in [-0.3, -0.25) is 9.36 Å². The van der Waals surface area contributed by atoms with Crippen molar-refractivity contribution in [2.75, 3.05) is 6.61 Å². The van der Waals surface area contributed by atoms with Crippen LogP contribution >= 0.6 is 0 Å². The normalized spacial score (nSPS) is 20.1. The summed E-state index contributed by atoms with van der Waals surface area (Å²) in [7, 11) is 0. The van der Waals surface area contributed by atoms with E-state index in [9.17, 15) is 4.79 Å². The maximum absolute atomic E-state index is 12.3. The minimum atomic E-state index is 0.0229. The van der Waals surface area contributed by atoms with Crippen molar-refractivity contribution in [2.24, 2.45) is 0 Å². The lowest BCUT2D eigenvalue weighted by molar-refractivity contribution is 0.00535. The second-order valence-corrected chi connectivity index (χ2v) is 4.71. The minimum Gasteiger partial charge on any atom is -0.376 e. The lowest BCUT2D eigenvalue weighted by Gasteiger charge is -2.23. The van der Waals surface area contributed by atoms with Gasteiger partial charge >= 0.3 is 0 Å². The second-order valence-electron chi connectivity index (χ2n) is 4.71. The number of hydrogen-bond acceptors (Lipinski definition) is 3. The zero-order valence-electron chi connectivity index (χ0n) is 10.2. The Morgan fingerprint density at radius 2 is 2.22 bits per heavy atom. The maximum Gasteiger partial charge on any atom is 0.261 e. The summed E-state index contributed by atoms with van der Waals surface area (Å²) in [5, 5.41) is 0.677. The van der Waals surface area contributed by atoms with E-state index >= 15 is 0 Å². The number of fused-ring (bicyclic) bond motifs is 1. The zero-order chi connectivity index (χ0) is 12.4. The van der Waals surface area contributed by atoms with Crippen LogP contribution in [0, 0.1) is 0 Å². The third kappa shape index (κ3) is 2.16. The monoisotopic (exact) mass is 244 g/mol. The summed E-state index contributed by atoms with van der Waals surface area (Å²) in [6.07, 6.45) is 5.11. The first-order chi connectivity index (χ1) is 8.84. The smallest absolute Gasteiger partial charge is 0.261 e. The first-order valence-electron chi connectivity index (χ1n) is 6.40. The quantitative estimate of drug-likeness (QED) is 0.811. The highest BCUT2D eigenvalue weighted by Crippen LogP contribution is 2.14. The van der Waals surface area contributed by atoms with Gasteiger partial charge in [0.2, 0.25) is 0 Å². The Bertz CT molecular complexity index is 600. The molecule has 1 aromatic carbocycles. The number of aromatic nitrogens is 2. The molecule has 0 unspecified atom stereocenters. The van der Waals surface area contributed by atoms with E-state index in [1.54, 1.807) is 10.9 Å². The molecule has 1 fully saturated rings. The van der Waals surface area contributed by atoms with E-state index in [1.165, 1.54) is 6.42 Å². The average Bonchev–Trinajstić information content (AvgIpc) is 2.43. The minimum absolute atomic E-state index is 0.0229. The van der Waals surface area contributed by atoms with Crippen molar-refractivity contribution in [3.05, 3.63) is 40.9 Å². The first kappa shape index (κ1) is 11.4. The van der Waals surface area contributed by atoms with Gasteiger partial charge in [0.15, 0.2) is 0 Å². The standard InChI is InChI=1S/C14H16N2O2/c17-14-12-6-1-2-7-13(12)15-10-16(14)9-11-5-3-4-8-18-11/h1-2,6-7,10-11H,3-5,8-9H2/t11-/m1/s1. The summed E-state index contributed by atoms with van der Waals surface area (Å²) in [4.78, 5) is 16.6. The summed E-state index contributed by atoms with van der Waals surface area (Å²) < 4.78 is 7.33. The van der Waals surface area contributed by atoms with Gasteiger partial charge in [0.25, 0.3) is 5.56 Å². The Balaban J connectivity index is 1.92. The van der Waals surface area contributed by atoms with E-state index in [4.69, 9.17) is 4.74 Å². The van der Waals surface area contributed by atoms with Crippen LogP contribution in [-0.4, -0.2) is 22.3 Å². The van der Waals surface area contributed by atoms with E-state index in [-0.39, 0.29) is 11.7 Å². The molecule has 3 rings (SSSR count). The molecule has 0 radical (unpaired) electrons. The van der Waals surface area contributed by atoms with E-state index in [0.717, 1.165) is 25.0 Å². The third-order valence-corrected chi connectivity index (χ3v) is 3.41. The van der Waals surface area contributed by atoms with Crippen LogP contribution in [0.1, 0.15) is 19.3 Å². The van der Waals surface area contributed by atoms with Crippen LogP contribution in [0.5, 0.6) is 0 Å². The second kappa shape index (κ2) is 4.90. The predicted molar refractivity (Wildman–Crippen MR) is 69.6 cm³/mol. The van der Waals surface area contributed by atoms with Crippen LogP contribution in [0.2, 0.25) is 0 Å². The van der Waals surface area contributed by atoms with Gasteiger partial charge < -0.3 is 4.74 Å². The molecule has 1 aliphatic rings. The van der Waals surface area contributed by atoms with Crippen molar-refractivity contribution in [2.45, 2.75) is 31.9 Å². The van der Waals surface area contributed by atoms with Crippen LogP contribution in [-0.2, 0) is 11.3 Å². The number of benzene rings is 1. The number of nitrogens with zero attached hydrogens (tertiary/aromatic N) is 2. The summed E-state index contributed by atoms with van der Waals surface area (Å²) >= 11 is 0. The first-order valence-corrected chi connectivity index (χ1v) is 6.40. The summed E-state index contributed by atoms with van der Waals surface area (Å²) in [6, 6.07) is 7.44. The molecular formula is C14H16N2O2. The SMILES string of the molecule is O=c1c2ccccc2ncn1C[C@H]1CCCCO1. The Morgan fingerprint density at radius 3 is 3.06 bits per heavy atom. The topological polar surface area (TPSA) is 44.1 Å². The molecule has 4 nitrogen and oxygen atoms in total. The van der Waals surface area contributed by atoms with Gasteiger partial charge in [-0.2, -0.15) is 0 Å². The molecule has 0 amide bonds. The van der Waals surface area contributed by atoms with Gasteiger partial charge in [0.1, 0.15) is 0 Å². The molecule has 0 N–H and O–H groups in total. The molecule has 1 aliphatic heterocycles. The number of rotatable bonds is 2. The molecule has 4 heteroatoms. The zero-order valence-corrected chi connectivity index (χ0v) is 10.2. The van der Waals surface area contributed by atoms with Crippen LogP contribution in [0.15, 0.2) is 35.4 Å². The van der Waals surface area contributed by atoms with E-state index in [2.05, 4.69) is 4.98 Å². The van der Waals surface area contributed by atoms with Crippen molar-refractivity contribution in [1.82, 2.24) is 9.55 Å². The Hall–Kier alpha value is -1.68. The van der Waals surface area contributed by atoms with Crippen molar-refractivity contribution in [3.8, 4) is 0 Å². The van der Waals surface area contributed by atoms with Gasteiger partial charge in [-0.25, -0.2) is 4.98 Å². The fraction of sp³-hybridized carbons (Fsp3) is 0.429. The average molecular weight is 244 g/mol. The van der Waals surface area contributed by atoms with Crippen molar-refractivity contribution in [1.29, 1.82) is 0 Å². The molecule has 1 atom stereocenters. The molecule has 0 aliphatic carbocycles. The molecule has 2 aromatic rings. The molecule has 1 saturated heterocycles. The summed E-state index contributed by atoms with van der Waals surface area (Å²) in [5.41, 5.74) is 0.776. The van der Waals surface area contributed by atoms with Gasteiger partial charge in [-0.05, 0) is 31.4 Å². The third-order valence-electron chi connectivity index (χ3n) is 3.41. The van der Waals surface area contributed by atoms with Gasteiger partial charge in [-0.15, -0.1) is 0 Å². The predicted octanol–water partition coefficient (Wildman–Crippen LogP) is 1.97. The molecule has 18 heavy (non-hydrogen) atoms. The van der Waals surface area contributed by atoms with Crippen LogP contribution < -0.4 is 5.56 Å². The van der Waals surface area contributed by atoms with Crippen LogP contribution in [0.4, 0.5) is 0 Å². The van der Waals surface area contributed by atoms with Gasteiger partial charge in [0.05, 0.1) is 29.9 Å². The molecular weight excluding hydrogens is 228 g/mol. The van der Waals surface area contributed by atoms with Gasteiger partial charge in [0, 0.05) is 6.61 Å². The van der Waals surface area contributed by atoms with Crippen molar-refractivity contribution < 1.29 is 4.74 Å². The number of para-hydroxylation sites is 1. The largest absolute Gasteiger partial charge is 0.376 e. The van der Waals surface area contributed by atoms with Gasteiger partial charge in [-0.1, -0.05) is 12.1 Å². The molecule has 1 aromatic heterocycles. The Morgan fingerprint density at radius 1 is 1.33 bits per heavy atom. The highest BCUT2D eigenvalue weighted by Gasteiger charge is 2.15. The maximum atomic E-state index is 12.3. The molecule has 0 bridgehead atoms. The van der Waals surface area contributed by atoms with E-state index < -0.39 is 0 Å². The van der Waals surface area contributed by atoms with Crippen LogP contribution in [0.25, 0.3) is 10.9 Å². The lowest BCUT2D eigenvalue weighted by atomic mass is 10.1.